The molecule has 68 valence electrons. The maximum atomic E-state index is 5.79. The first-order chi connectivity index (χ1) is 6.25. The van der Waals surface area contributed by atoms with E-state index in [0.29, 0.717) is 0 Å². The lowest BCUT2D eigenvalue weighted by atomic mass is 10.1. The number of rotatable bonds is 1. The van der Waals surface area contributed by atoms with Crippen LogP contribution in [0.25, 0.3) is 0 Å². The Morgan fingerprint density at radius 2 is 2.23 bits per heavy atom. The van der Waals surface area contributed by atoms with Gasteiger partial charge in [0.2, 0.25) is 0 Å². The lowest BCUT2D eigenvalue weighted by Crippen LogP contribution is -1.92. The van der Waals surface area contributed by atoms with E-state index in [1.807, 2.05) is 25.1 Å². The summed E-state index contributed by atoms with van der Waals surface area (Å²) in [5.41, 5.74) is 8.66. The molecule has 13 heavy (non-hydrogen) atoms. The molecule has 0 saturated heterocycles. The molecule has 0 amide bonds. The SMILES string of the molecule is Cc1cccc(N)c1C#CCCBr. The van der Waals surface area contributed by atoms with Crippen LogP contribution < -0.4 is 5.73 Å². The molecule has 0 unspecified atom stereocenters. The number of alkyl halides is 1. The van der Waals surface area contributed by atoms with E-state index in [4.69, 9.17) is 5.73 Å². The van der Waals surface area contributed by atoms with Gasteiger partial charge in [-0.25, -0.2) is 0 Å². The molecular weight excluding hydrogens is 226 g/mol. The minimum atomic E-state index is 0.766. The Bertz CT molecular complexity index is 327. The molecule has 0 aromatic heterocycles. The Balaban J connectivity index is 2.95. The van der Waals surface area contributed by atoms with Gasteiger partial charge in [-0.1, -0.05) is 39.9 Å². The van der Waals surface area contributed by atoms with Gasteiger partial charge in [0.15, 0.2) is 0 Å². The summed E-state index contributed by atoms with van der Waals surface area (Å²) in [6.07, 6.45) is 0.855. The topological polar surface area (TPSA) is 26.0 Å². The van der Waals surface area contributed by atoms with Crippen LogP contribution in [0.2, 0.25) is 0 Å². The summed E-state index contributed by atoms with van der Waals surface area (Å²) in [5.74, 6) is 6.13. The van der Waals surface area contributed by atoms with E-state index in [9.17, 15) is 0 Å². The average molecular weight is 238 g/mol. The molecule has 2 N–H and O–H groups in total. The summed E-state index contributed by atoms with van der Waals surface area (Å²) in [6, 6.07) is 5.85. The highest BCUT2D eigenvalue weighted by Gasteiger charge is 1.97. The number of anilines is 1. The third-order valence-electron chi connectivity index (χ3n) is 1.74. The smallest absolute Gasteiger partial charge is 0.0504 e. The van der Waals surface area contributed by atoms with Crippen LogP contribution in [0.4, 0.5) is 5.69 Å². The van der Waals surface area contributed by atoms with Crippen LogP contribution in [0, 0.1) is 18.8 Å². The standard InChI is InChI=1S/C11H12BrN/c1-9-5-4-7-11(13)10(9)6-2-3-8-12/h4-5,7H,3,8,13H2,1H3. The molecule has 0 radical (unpaired) electrons. The van der Waals surface area contributed by atoms with Crippen LogP contribution >= 0.6 is 15.9 Å². The van der Waals surface area contributed by atoms with E-state index in [2.05, 4.69) is 27.8 Å². The van der Waals surface area contributed by atoms with Crippen molar-refractivity contribution in [3.63, 3.8) is 0 Å². The average Bonchev–Trinajstić information content (AvgIpc) is 2.10. The van der Waals surface area contributed by atoms with Gasteiger partial charge in [-0.15, -0.1) is 0 Å². The molecule has 1 nitrogen and oxygen atoms in total. The number of hydrogen-bond donors (Lipinski definition) is 1. The molecule has 0 aliphatic carbocycles. The van der Waals surface area contributed by atoms with Gasteiger partial charge in [-0.2, -0.15) is 0 Å². The van der Waals surface area contributed by atoms with Crippen LogP contribution in [-0.2, 0) is 0 Å². The van der Waals surface area contributed by atoms with E-state index in [-0.39, 0.29) is 0 Å². The van der Waals surface area contributed by atoms with Gasteiger partial charge in [0.25, 0.3) is 0 Å². The lowest BCUT2D eigenvalue weighted by Gasteiger charge is -2.00. The van der Waals surface area contributed by atoms with E-state index >= 15 is 0 Å². The third kappa shape index (κ3) is 2.78. The lowest BCUT2D eigenvalue weighted by molar-refractivity contribution is 1.32. The molecule has 0 bridgehead atoms. The van der Waals surface area contributed by atoms with Crippen molar-refractivity contribution in [1.29, 1.82) is 0 Å². The molecule has 0 atom stereocenters. The summed E-state index contributed by atoms with van der Waals surface area (Å²) >= 11 is 3.33. The molecule has 0 fully saturated rings. The number of nitrogens with two attached hydrogens (primary N) is 1. The Hall–Kier alpha value is -0.940. The second kappa shape index (κ2) is 4.94. The van der Waals surface area contributed by atoms with Crippen molar-refractivity contribution in [2.24, 2.45) is 0 Å². The fraction of sp³-hybridized carbons (Fsp3) is 0.273. The molecule has 0 aliphatic heterocycles. The zero-order valence-electron chi connectivity index (χ0n) is 7.60. The van der Waals surface area contributed by atoms with E-state index in [0.717, 1.165) is 28.6 Å². The van der Waals surface area contributed by atoms with Gasteiger partial charge in [-0.05, 0) is 18.6 Å². The predicted octanol–water partition coefficient (Wildman–Crippen LogP) is 2.71. The van der Waals surface area contributed by atoms with Gasteiger partial charge >= 0.3 is 0 Å². The second-order valence-corrected chi connectivity index (χ2v) is 3.57. The fourth-order valence-corrected chi connectivity index (χ4v) is 1.26. The normalized spacial score (nSPS) is 9.08. The first-order valence-corrected chi connectivity index (χ1v) is 5.27. The monoisotopic (exact) mass is 237 g/mol. The highest BCUT2D eigenvalue weighted by atomic mass is 79.9. The van der Waals surface area contributed by atoms with E-state index < -0.39 is 0 Å². The second-order valence-electron chi connectivity index (χ2n) is 2.78. The van der Waals surface area contributed by atoms with Crippen molar-refractivity contribution in [2.45, 2.75) is 13.3 Å². The number of nitrogen functional groups attached to an aromatic ring is 1. The van der Waals surface area contributed by atoms with Crippen molar-refractivity contribution in [3.05, 3.63) is 29.3 Å². The van der Waals surface area contributed by atoms with Crippen LogP contribution in [0.3, 0.4) is 0 Å². The van der Waals surface area contributed by atoms with Crippen LogP contribution in [0.15, 0.2) is 18.2 Å². The zero-order valence-corrected chi connectivity index (χ0v) is 9.19. The summed E-state index contributed by atoms with van der Waals surface area (Å²) in [4.78, 5) is 0. The first kappa shape index (κ1) is 10.1. The largest absolute Gasteiger partial charge is 0.398 e. The molecule has 0 saturated carbocycles. The van der Waals surface area contributed by atoms with Crippen molar-refractivity contribution in [2.75, 3.05) is 11.1 Å². The van der Waals surface area contributed by atoms with Crippen LogP contribution in [0.1, 0.15) is 17.5 Å². The van der Waals surface area contributed by atoms with Crippen molar-refractivity contribution >= 4 is 21.6 Å². The minimum absolute atomic E-state index is 0.766. The molecule has 0 aliphatic rings. The molecule has 2 heteroatoms. The molecular formula is C11H12BrN. The summed E-state index contributed by atoms with van der Waals surface area (Å²) in [6.45, 7) is 2.02. The Kier molecular flexibility index (Phi) is 3.85. The highest BCUT2D eigenvalue weighted by Crippen LogP contribution is 2.14. The van der Waals surface area contributed by atoms with Gasteiger partial charge in [-0.3, -0.25) is 0 Å². The predicted molar refractivity (Wildman–Crippen MR) is 60.9 cm³/mol. The Morgan fingerprint density at radius 1 is 1.46 bits per heavy atom. The number of benzene rings is 1. The quantitative estimate of drug-likeness (QED) is 0.454. The van der Waals surface area contributed by atoms with Gasteiger partial charge in [0.05, 0.1) is 5.56 Å². The third-order valence-corrected chi connectivity index (χ3v) is 2.13. The highest BCUT2D eigenvalue weighted by molar-refractivity contribution is 9.09. The van der Waals surface area contributed by atoms with E-state index in [1.165, 1.54) is 0 Å². The first-order valence-electron chi connectivity index (χ1n) is 4.15. The summed E-state index contributed by atoms with van der Waals surface area (Å²) in [5, 5.41) is 0.909. The zero-order chi connectivity index (χ0) is 9.68. The van der Waals surface area contributed by atoms with Gasteiger partial charge in [0, 0.05) is 17.4 Å². The molecule has 1 aromatic rings. The maximum absolute atomic E-state index is 5.79. The summed E-state index contributed by atoms with van der Waals surface area (Å²) in [7, 11) is 0. The van der Waals surface area contributed by atoms with Crippen molar-refractivity contribution < 1.29 is 0 Å². The Morgan fingerprint density at radius 3 is 2.85 bits per heavy atom. The molecule has 0 spiro atoms. The number of aryl methyl sites for hydroxylation is 1. The maximum Gasteiger partial charge on any atom is 0.0504 e. The molecule has 0 heterocycles. The fourth-order valence-electron chi connectivity index (χ4n) is 1.06. The number of hydrogen-bond acceptors (Lipinski definition) is 1. The van der Waals surface area contributed by atoms with Crippen molar-refractivity contribution in [1.82, 2.24) is 0 Å². The van der Waals surface area contributed by atoms with Gasteiger partial charge < -0.3 is 5.73 Å². The van der Waals surface area contributed by atoms with Crippen LogP contribution in [-0.4, -0.2) is 5.33 Å². The molecule has 1 aromatic carbocycles. The van der Waals surface area contributed by atoms with Crippen LogP contribution in [0.5, 0.6) is 0 Å². The minimum Gasteiger partial charge on any atom is -0.398 e. The van der Waals surface area contributed by atoms with Gasteiger partial charge in [0.1, 0.15) is 0 Å². The Labute approximate surface area is 87.5 Å². The van der Waals surface area contributed by atoms with Crippen molar-refractivity contribution in [3.8, 4) is 11.8 Å². The summed E-state index contributed by atoms with van der Waals surface area (Å²) < 4.78 is 0. The number of halogens is 1. The molecule has 1 rings (SSSR count). The van der Waals surface area contributed by atoms with E-state index in [1.54, 1.807) is 0 Å².